The van der Waals surface area contributed by atoms with Crippen molar-refractivity contribution in [2.45, 2.75) is 18.4 Å². The highest BCUT2D eigenvalue weighted by molar-refractivity contribution is 6.35. The molecule has 4 atom stereocenters. The number of benzene rings is 2. The molecule has 3 aromatic rings. The largest absolute Gasteiger partial charge is 0.370 e. The molecule has 1 saturated heterocycles. The van der Waals surface area contributed by atoms with Gasteiger partial charge in [-0.15, -0.1) is 0 Å². The fourth-order valence-corrected chi connectivity index (χ4v) is 5.89. The van der Waals surface area contributed by atoms with Crippen molar-refractivity contribution in [3.63, 3.8) is 0 Å². The first-order valence-electron chi connectivity index (χ1n) is 10.9. The third-order valence-electron chi connectivity index (χ3n) is 6.83. The molecule has 1 aromatic heterocycles. The summed E-state index contributed by atoms with van der Waals surface area (Å²) in [4.78, 5) is 6.81. The second kappa shape index (κ2) is 9.33. The maximum Gasteiger partial charge on any atom is 0.159 e. The standard InChI is InChI=1S/C27H21Cl3F2N2/c1-15-19-6-7-21(20-5-3-17(28)11-23(20)30)27(26-9-4-18(29)12-33-26)22(19)14-34(15)13-16-2-8-24(31)25(32)10-16/h2-12,19,21-22,27H,1,13-14H2/t19-,21+,22+,27-/m0/s1. The minimum atomic E-state index is -0.850. The molecular formula is C27H21Cl3F2N2. The van der Waals surface area contributed by atoms with Gasteiger partial charge in [-0.3, -0.25) is 4.98 Å². The predicted octanol–water partition coefficient (Wildman–Crippen LogP) is 8.02. The predicted molar refractivity (Wildman–Crippen MR) is 133 cm³/mol. The summed E-state index contributed by atoms with van der Waals surface area (Å²) in [7, 11) is 0. The lowest BCUT2D eigenvalue weighted by molar-refractivity contribution is 0.308. The Morgan fingerprint density at radius 1 is 0.912 bits per heavy atom. The van der Waals surface area contributed by atoms with Crippen molar-refractivity contribution in [2.75, 3.05) is 6.54 Å². The number of allylic oxidation sites excluding steroid dienone is 2. The maximum atomic E-state index is 13.8. The molecule has 0 saturated carbocycles. The van der Waals surface area contributed by atoms with Gasteiger partial charge in [0.15, 0.2) is 11.6 Å². The van der Waals surface area contributed by atoms with Crippen LogP contribution in [0.2, 0.25) is 15.1 Å². The van der Waals surface area contributed by atoms with Crippen molar-refractivity contribution >= 4 is 34.8 Å². The van der Waals surface area contributed by atoms with Crippen LogP contribution in [0.15, 0.2) is 79.2 Å². The van der Waals surface area contributed by atoms with Gasteiger partial charge in [0, 0.05) is 58.5 Å². The number of hydrogen-bond acceptors (Lipinski definition) is 2. The third-order valence-corrected chi connectivity index (χ3v) is 7.61. The number of likely N-dealkylation sites (tertiary alicyclic amines) is 1. The molecule has 2 nitrogen and oxygen atoms in total. The minimum Gasteiger partial charge on any atom is -0.370 e. The first-order chi connectivity index (χ1) is 16.3. The minimum absolute atomic E-state index is 0.0117. The lowest BCUT2D eigenvalue weighted by Crippen LogP contribution is -2.29. The zero-order valence-electron chi connectivity index (χ0n) is 18.1. The number of halogens is 5. The lowest BCUT2D eigenvalue weighted by Gasteiger charge is -2.36. The van der Waals surface area contributed by atoms with Crippen LogP contribution in [0.5, 0.6) is 0 Å². The Kier molecular flexibility index (Phi) is 6.41. The van der Waals surface area contributed by atoms with Crippen LogP contribution < -0.4 is 0 Å². The Bertz CT molecular complexity index is 1280. The van der Waals surface area contributed by atoms with Crippen molar-refractivity contribution in [3.8, 4) is 0 Å². The summed E-state index contributed by atoms with van der Waals surface area (Å²) >= 11 is 18.9. The summed E-state index contributed by atoms with van der Waals surface area (Å²) in [5.41, 5.74) is 3.54. The smallest absolute Gasteiger partial charge is 0.159 e. The van der Waals surface area contributed by atoms with Crippen molar-refractivity contribution in [1.82, 2.24) is 9.88 Å². The van der Waals surface area contributed by atoms with Gasteiger partial charge < -0.3 is 4.90 Å². The van der Waals surface area contributed by atoms with Gasteiger partial charge in [-0.25, -0.2) is 8.78 Å². The van der Waals surface area contributed by atoms with E-state index in [0.29, 0.717) is 33.7 Å². The number of aromatic nitrogens is 1. The Morgan fingerprint density at radius 2 is 1.68 bits per heavy atom. The summed E-state index contributed by atoms with van der Waals surface area (Å²) in [6.07, 6.45) is 6.01. The quantitative estimate of drug-likeness (QED) is 0.326. The molecule has 1 aliphatic carbocycles. The molecule has 0 bridgehead atoms. The summed E-state index contributed by atoms with van der Waals surface area (Å²) in [5.74, 6) is -1.45. The highest BCUT2D eigenvalue weighted by atomic mass is 35.5. The summed E-state index contributed by atoms with van der Waals surface area (Å²) in [6, 6.07) is 13.4. The molecule has 0 radical (unpaired) electrons. The van der Waals surface area contributed by atoms with Crippen LogP contribution >= 0.6 is 34.8 Å². The summed E-state index contributed by atoms with van der Waals surface area (Å²) in [6.45, 7) is 5.49. The molecule has 2 aromatic carbocycles. The fraction of sp³-hybridized carbons (Fsp3) is 0.222. The Labute approximate surface area is 212 Å². The third kappa shape index (κ3) is 4.35. The van der Waals surface area contributed by atoms with Gasteiger partial charge in [-0.1, -0.05) is 65.7 Å². The van der Waals surface area contributed by atoms with E-state index in [9.17, 15) is 8.78 Å². The van der Waals surface area contributed by atoms with Gasteiger partial charge in [0.05, 0.1) is 5.02 Å². The van der Waals surface area contributed by atoms with Crippen molar-refractivity contribution in [1.29, 1.82) is 0 Å². The Hall–Kier alpha value is -2.40. The van der Waals surface area contributed by atoms with Crippen LogP contribution in [-0.4, -0.2) is 16.4 Å². The molecule has 5 rings (SSSR count). The molecule has 0 spiro atoms. The molecule has 0 unspecified atom stereocenters. The summed E-state index contributed by atoms with van der Waals surface area (Å²) in [5, 5.41) is 1.76. The molecule has 1 aliphatic heterocycles. The molecule has 0 N–H and O–H groups in total. The molecule has 2 aliphatic rings. The van der Waals surface area contributed by atoms with E-state index in [2.05, 4.69) is 28.6 Å². The molecule has 7 heteroatoms. The maximum absolute atomic E-state index is 13.8. The fourth-order valence-electron chi connectivity index (χ4n) is 5.24. The van der Waals surface area contributed by atoms with Crippen molar-refractivity contribution < 1.29 is 8.78 Å². The first kappa shape index (κ1) is 23.3. The molecule has 1 fully saturated rings. The van der Waals surface area contributed by atoms with Crippen LogP contribution in [0.3, 0.4) is 0 Å². The molecule has 0 amide bonds. The molecule has 2 heterocycles. The van der Waals surface area contributed by atoms with Crippen molar-refractivity contribution in [3.05, 3.63) is 123 Å². The van der Waals surface area contributed by atoms with Gasteiger partial charge in [-0.05, 0) is 53.4 Å². The summed E-state index contributed by atoms with van der Waals surface area (Å²) < 4.78 is 27.2. The van der Waals surface area contributed by atoms with Gasteiger partial charge in [0.25, 0.3) is 0 Å². The van der Waals surface area contributed by atoms with E-state index < -0.39 is 11.6 Å². The zero-order chi connectivity index (χ0) is 24.0. The van der Waals surface area contributed by atoms with Crippen molar-refractivity contribution in [2.24, 2.45) is 11.8 Å². The van der Waals surface area contributed by atoms with E-state index in [4.69, 9.17) is 34.8 Å². The second-order valence-electron chi connectivity index (χ2n) is 8.81. The Morgan fingerprint density at radius 3 is 2.38 bits per heavy atom. The van der Waals surface area contributed by atoms with Gasteiger partial charge >= 0.3 is 0 Å². The average molecular weight is 518 g/mol. The van der Waals surface area contributed by atoms with Gasteiger partial charge in [0.2, 0.25) is 0 Å². The number of fused-ring (bicyclic) bond motifs is 1. The number of rotatable bonds is 4. The van der Waals surface area contributed by atoms with E-state index in [1.165, 1.54) is 6.07 Å². The van der Waals surface area contributed by atoms with Gasteiger partial charge in [0.1, 0.15) is 0 Å². The molecular weight excluding hydrogens is 497 g/mol. The Balaban J connectivity index is 1.51. The van der Waals surface area contributed by atoms with E-state index in [1.807, 2.05) is 24.3 Å². The number of pyridine rings is 1. The average Bonchev–Trinajstić information content (AvgIpc) is 3.12. The highest BCUT2D eigenvalue weighted by Gasteiger charge is 2.45. The van der Waals surface area contributed by atoms with E-state index in [1.54, 1.807) is 18.3 Å². The van der Waals surface area contributed by atoms with Crippen LogP contribution in [-0.2, 0) is 6.54 Å². The van der Waals surface area contributed by atoms with Crippen LogP contribution in [0.25, 0.3) is 0 Å². The lowest BCUT2D eigenvalue weighted by atomic mass is 9.67. The molecule has 34 heavy (non-hydrogen) atoms. The van der Waals surface area contributed by atoms with E-state index in [-0.39, 0.29) is 23.7 Å². The van der Waals surface area contributed by atoms with E-state index in [0.717, 1.165) is 23.0 Å². The number of hydrogen-bond donors (Lipinski definition) is 0. The monoisotopic (exact) mass is 516 g/mol. The van der Waals surface area contributed by atoms with Crippen LogP contribution in [0.1, 0.15) is 28.7 Å². The second-order valence-corrected chi connectivity index (χ2v) is 10.1. The highest BCUT2D eigenvalue weighted by Crippen LogP contribution is 2.52. The first-order valence-corrected chi connectivity index (χ1v) is 12.1. The molecule has 174 valence electrons. The topological polar surface area (TPSA) is 16.1 Å². The van der Waals surface area contributed by atoms with Crippen LogP contribution in [0.4, 0.5) is 8.78 Å². The normalized spacial score (nSPS) is 23.9. The SMILES string of the molecule is C=C1[C@@H]2C=C[C@H](c3ccc(Cl)cc3Cl)[C@H](c3ccc(Cl)cn3)[C@@H]2CN1Cc1ccc(F)c(F)c1. The van der Waals surface area contributed by atoms with Crippen LogP contribution in [0, 0.1) is 23.5 Å². The van der Waals surface area contributed by atoms with Gasteiger partial charge in [-0.2, -0.15) is 0 Å². The number of nitrogens with zero attached hydrogens (tertiary/aromatic N) is 2. The van der Waals surface area contributed by atoms with E-state index >= 15 is 0 Å². The zero-order valence-corrected chi connectivity index (χ0v) is 20.3.